The van der Waals surface area contributed by atoms with Crippen molar-refractivity contribution in [3.63, 3.8) is 0 Å². The maximum Gasteiger partial charge on any atom is 0.315 e. The van der Waals surface area contributed by atoms with Gasteiger partial charge in [0.25, 0.3) is 5.91 Å². The number of nitro groups is 1. The molecule has 28 heavy (non-hydrogen) atoms. The van der Waals surface area contributed by atoms with Crippen LogP contribution in [0.4, 0.5) is 11.4 Å². The number of phenolic OH excluding ortho intramolecular Hbond substituents is 1. The van der Waals surface area contributed by atoms with Crippen LogP contribution in [-0.4, -0.2) is 27.4 Å². The fourth-order valence-corrected chi connectivity index (χ4v) is 4.18. The van der Waals surface area contributed by atoms with Crippen molar-refractivity contribution in [1.82, 2.24) is 0 Å². The van der Waals surface area contributed by atoms with Gasteiger partial charge in [-0.3, -0.25) is 19.8 Å². The van der Waals surface area contributed by atoms with Crippen molar-refractivity contribution < 1.29 is 19.6 Å². The highest BCUT2D eigenvalue weighted by atomic mass is 79.9. The van der Waals surface area contributed by atoms with Gasteiger partial charge in [0.15, 0.2) is 10.1 Å². The highest BCUT2D eigenvalue weighted by Gasteiger charge is 2.34. The Kier molecular flexibility index (Phi) is 5.94. The molecule has 1 amide bonds. The molecule has 0 spiro atoms. The molecule has 0 unspecified atom stereocenters. The smallest absolute Gasteiger partial charge is 0.315 e. The fourth-order valence-electron chi connectivity index (χ4n) is 2.46. The molecule has 0 bridgehead atoms. The lowest BCUT2D eigenvalue weighted by molar-refractivity contribution is -0.386. The van der Waals surface area contributed by atoms with Crippen LogP contribution < -0.4 is 9.64 Å². The molecule has 1 N–H and O–H groups in total. The van der Waals surface area contributed by atoms with E-state index in [1.165, 1.54) is 24.2 Å². The van der Waals surface area contributed by atoms with Crippen LogP contribution in [0.5, 0.6) is 11.5 Å². The standard InChI is InChI=1S/C17H10BrClN2O5S2/c1-26-13-5-8(4-12(15(13)22)21(24)25)6-14-16(23)20(17(27)28-14)9-2-3-10(18)11(19)7-9/h2-7,22H,1H3/b14-6+. The van der Waals surface area contributed by atoms with Gasteiger partial charge in [0.2, 0.25) is 5.75 Å². The number of anilines is 1. The minimum absolute atomic E-state index is 0.0735. The highest BCUT2D eigenvalue weighted by molar-refractivity contribution is 9.10. The summed E-state index contributed by atoms with van der Waals surface area (Å²) in [5.41, 5.74) is 0.296. The number of methoxy groups -OCH3 is 1. The number of nitro benzene ring substituents is 1. The lowest BCUT2D eigenvalue weighted by Gasteiger charge is -2.15. The largest absolute Gasteiger partial charge is 0.500 e. The first-order chi connectivity index (χ1) is 13.2. The molecule has 7 nitrogen and oxygen atoms in total. The topological polar surface area (TPSA) is 92.9 Å². The van der Waals surface area contributed by atoms with E-state index in [-0.39, 0.29) is 16.6 Å². The summed E-state index contributed by atoms with van der Waals surface area (Å²) in [6.45, 7) is 0. The van der Waals surface area contributed by atoms with E-state index >= 15 is 0 Å². The van der Waals surface area contributed by atoms with Gasteiger partial charge in [0.05, 0.1) is 27.6 Å². The van der Waals surface area contributed by atoms with E-state index in [1.807, 2.05) is 0 Å². The summed E-state index contributed by atoms with van der Waals surface area (Å²) in [7, 11) is 1.28. The van der Waals surface area contributed by atoms with Gasteiger partial charge in [0, 0.05) is 10.5 Å². The van der Waals surface area contributed by atoms with Crippen LogP contribution in [0, 0.1) is 10.1 Å². The summed E-state index contributed by atoms with van der Waals surface area (Å²) in [6.07, 6.45) is 1.45. The second kappa shape index (κ2) is 8.08. The molecule has 1 fully saturated rings. The van der Waals surface area contributed by atoms with E-state index in [0.29, 0.717) is 25.1 Å². The first-order valence-corrected chi connectivity index (χ1v) is 9.91. The Balaban J connectivity index is 2.01. The molecule has 0 aliphatic carbocycles. The SMILES string of the molecule is COc1cc(/C=C2/SC(=S)N(c3ccc(Br)c(Cl)c3)C2=O)cc([N+](=O)[O-])c1O. The molecule has 2 aromatic carbocycles. The molecule has 1 aliphatic heterocycles. The van der Waals surface area contributed by atoms with Crippen LogP contribution in [0.3, 0.4) is 0 Å². The third-order valence-corrected chi connectivity index (χ3v) is 6.28. The number of benzene rings is 2. The number of amides is 1. The van der Waals surface area contributed by atoms with E-state index < -0.39 is 16.4 Å². The van der Waals surface area contributed by atoms with E-state index in [9.17, 15) is 20.0 Å². The summed E-state index contributed by atoms with van der Waals surface area (Å²) >= 11 is 15.7. The molecule has 1 aliphatic rings. The number of hydrogen-bond donors (Lipinski definition) is 1. The Hall–Kier alpha value is -2.14. The molecule has 0 aromatic heterocycles. The number of ether oxygens (including phenoxy) is 1. The number of rotatable bonds is 4. The summed E-state index contributed by atoms with van der Waals surface area (Å²) in [5, 5.41) is 21.4. The zero-order valence-corrected chi connectivity index (χ0v) is 18.0. The number of carbonyl (C=O) groups is 1. The minimum atomic E-state index is -0.732. The number of hydrogen-bond acceptors (Lipinski definition) is 7. The van der Waals surface area contributed by atoms with Crippen molar-refractivity contribution in [1.29, 1.82) is 0 Å². The van der Waals surface area contributed by atoms with Gasteiger partial charge in [-0.25, -0.2) is 0 Å². The number of carbonyl (C=O) groups excluding carboxylic acids is 1. The lowest BCUT2D eigenvalue weighted by Crippen LogP contribution is -2.27. The Morgan fingerprint density at radius 2 is 2.11 bits per heavy atom. The van der Waals surface area contributed by atoms with Crippen LogP contribution in [0.25, 0.3) is 6.08 Å². The Morgan fingerprint density at radius 1 is 1.39 bits per heavy atom. The average Bonchev–Trinajstić information content (AvgIpc) is 2.92. The van der Waals surface area contributed by atoms with E-state index in [4.69, 9.17) is 28.6 Å². The highest BCUT2D eigenvalue weighted by Crippen LogP contribution is 2.41. The third kappa shape index (κ3) is 3.86. The monoisotopic (exact) mass is 500 g/mol. The number of nitrogens with zero attached hydrogens (tertiary/aromatic N) is 2. The maximum atomic E-state index is 12.8. The van der Waals surface area contributed by atoms with E-state index in [2.05, 4.69) is 15.9 Å². The van der Waals surface area contributed by atoms with Gasteiger partial charge in [-0.05, 0) is 51.8 Å². The molecule has 11 heteroatoms. The summed E-state index contributed by atoms with van der Waals surface area (Å²) in [6, 6.07) is 7.55. The first kappa shape index (κ1) is 20.6. The Bertz CT molecular complexity index is 1060. The number of phenols is 1. The number of halogens is 2. The number of aromatic hydroxyl groups is 1. The quantitative estimate of drug-likeness (QED) is 0.269. The van der Waals surface area contributed by atoms with Crippen molar-refractivity contribution in [3.8, 4) is 11.5 Å². The molecule has 0 atom stereocenters. The number of thioether (sulfide) groups is 1. The molecule has 144 valence electrons. The fraction of sp³-hybridized carbons (Fsp3) is 0.0588. The summed E-state index contributed by atoms with van der Waals surface area (Å²) in [4.78, 5) is 24.8. The van der Waals surface area contributed by atoms with E-state index in [1.54, 1.807) is 18.2 Å². The Labute approximate surface area is 182 Å². The second-order valence-electron chi connectivity index (χ2n) is 5.46. The molecule has 1 saturated heterocycles. The van der Waals surface area contributed by atoms with Gasteiger partial charge < -0.3 is 9.84 Å². The zero-order valence-electron chi connectivity index (χ0n) is 14.0. The van der Waals surface area contributed by atoms with Crippen LogP contribution in [0.2, 0.25) is 5.02 Å². The Morgan fingerprint density at radius 3 is 2.71 bits per heavy atom. The summed E-state index contributed by atoms with van der Waals surface area (Å²) in [5.74, 6) is -1.04. The minimum Gasteiger partial charge on any atom is -0.500 e. The predicted octanol–water partition coefficient (Wildman–Crippen LogP) is 5.13. The molecule has 0 saturated carbocycles. The van der Waals surface area contributed by atoms with Crippen molar-refractivity contribution in [3.05, 3.63) is 60.4 Å². The molecular weight excluding hydrogens is 492 g/mol. The van der Waals surface area contributed by atoms with Crippen molar-refractivity contribution in [2.75, 3.05) is 12.0 Å². The van der Waals surface area contributed by atoms with Gasteiger partial charge in [-0.15, -0.1) is 0 Å². The van der Waals surface area contributed by atoms with Crippen LogP contribution in [0.1, 0.15) is 5.56 Å². The number of thiocarbonyl (C=S) groups is 1. The molecule has 1 heterocycles. The molecule has 3 rings (SSSR count). The van der Waals surface area contributed by atoms with E-state index in [0.717, 1.165) is 17.8 Å². The van der Waals surface area contributed by atoms with Gasteiger partial charge in [-0.2, -0.15) is 0 Å². The first-order valence-electron chi connectivity index (χ1n) is 7.51. The normalized spacial score (nSPS) is 15.4. The van der Waals surface area contributed by atoms with Crippen LogP contribution in [-0.2, 0) is 4.79 Å². The van der Waals surface area contributed by atoms with Gasteiger partial charge >= 0.3 is 5.69 Å². The van der Waals surface area contributed by atoms with Crippen molar-refractivity contribution >= 4 is 79.2 Å². The maximum absolute atomic E-state index is 12.8. The zero-order chi connectivity index (χ0) is 20.6. The predicted molar refractivity (Wildman–Crippen MR) is 116 cm³/mol. The lowest BCUT2D eigenvalue weighted by atomic mass is 10.1. The van der Waals surface area contributed by atoms with Crippen molar-refractivity contribution in [2.45, 2.75) is 0 Å². The molecular formula is C17H10BrClN2O5S2. The molecule has 2 aromatic rings. The van der Waals surface area contributed by atoms with Crippen LogP contribution >= 0.6 is 51.5 Å². The average molecular weight is 502 g/mol. The third-order valence-electron chi connectivity index (χ3n) is 3.75. The van der Waals surface area contributed by atoms with Gasteiger partial charge in [-0.1, -0.05) is 35.6 Å². The summed E-state index contributed by atoms with van der Waals surface area (Å²) < 4.78 is 5.96. The van der Waals surface area contributed by atoms with Crippen LogP contribution in [0.15, 0.2) is 39.7 Å². The van der Waals surface area contributed by atoms with Gasteiger partial charge in [0.1, 0.15) is 0 Å². The molecule has 0 radical (unpaired) electrons. The van der Waals surface area contributed by atoms with Crippen molar-refractivity contribution in [2.24, 2.45) is 0 Å². The second-order valence-corrected chi connectivity index (χ2v) is 8.40.